The summed E-state index contributed by atoms with van der Waals surface area (Å²) in [7, 11) is 2.22. The van der Waals surface area contributed by atoms with E-state index in [1.807, 2.05) is 24.0 Å². The van der Waals surface area contributed by atoms with Crippen molar-refractivity contribution in [3.05, 3.63) is 24.4 Å². The summed E-state index contributed by atoms with van der Waals surface area (Å²) >= 11 is 2.01. The summed E-state index contributed by atoms with van der Waals surface area (Å²) in [5, 5.41) is 8.65. The highest BCUT2D eigenvalue weighted by atomic mass is 32.2. The van der Waals surface area contributed by atoms with Crippen LogP contribution in [-0.2, 0) is 0 Å². The van der Waals surface area contributed by atoms with E-state index in [1.54, 1.807) is 0 Å². The average molecular weight is 386 g/mol. The van der Waals surface area contributed by atoms with Crippen LogP contribution in [-0.4, -0.2) is 70.5 Å². The Morgan fingerprint density at radius 1 is 1.19 bits per heavy atom. The highest BCUT2D eigenvalue weighted by molar-refractivity contribution is 7.99. The van der Waals surface area contributed by atoms with Gasteiger partial charge in [0, 0.05) is 53.8 Å². The molecule has 0 radical (unpaired) electrons. The molecule has 0 spiro atoms. The number of hydrogen-bond donors (Lipinski definition) is 1. The topological polar surface area (TPSA) is 53.4 Å². The normalized spacial score (nSPS) is 28.6. The first kappa shape index (κ1) is 17.4. The van der Waals surface area contributed by atoms with Crippen LogP contribution in [0.3, 0.4) is 0 Å². The Kier molecular flexibility index (Phi) is 4.52. The van der Waals surface area contributed by atoms with Crippen LogP contribution in [0.25, 0.3) is 10.9 Å². The standard InChI is InChI=1S/C20H27N5OS/c1-23-16-2-3-17(23)12-15(11-16)22-20(26)25-19-5-4-18(10-14(19)13-21-25)24-6-8-27-9-7-24/h4-5,10,13,15-17H,2-3,6-9,11-12H2,1H3,(H,22,26). The Morgan fingerprint density at radius 3 is 2.67 bits per heavy atom. The third kappa shape index (κ3) is 3.21. The molecule has 1 aromatic heterocycles. The molecular weight excluding hydrogens is 358 g/mol. The first-order chi connectivity index (χ1) is 13.2. The number of piperidine rings is 1. The summed E-state index contributed by atoms with van der Waals surface area (Å²) in [5.41, 5.74) is 2.12. The molecule has 4 heterocycles. The van der Waals surface area contributed by atoms with Gasteiger partial charge >= 0.3 is 6.03 Å². The molecule has 2 bridgehead atoms. The number of amides is 1. The van der Waals surface area contributed by atoms with Crippen molar-refractivity contribution in [1.82, 2.24) is 20.0 Å². The molecule has 1 N–H and O–H groups in total. The van der Waals surface area contributed by atoms with Gasteiger partial charge in [0.25, 0.3) is 0 Å². The number of thioether (sulfide) groups is 1. The lowest BCUT2D eigenvalue weighted by atomic mass is 9.98. The van der Waals surface area contributed by atoms with Gasteiger partial charge in [-0.15, -0.1) is 0 Å². The van der Waals surface area contributed by atoms with Crippen LogP contribution in [0, 0.1) is 0 Å². The third-order valence-electron chi connectivity index (χ3n) is 6.55. The molecule has 2 aromatic rings. The molecule has 3 aliphatic rings. The maximum absolute atomic E-state index is 12.9. The van der Waals surface area contributed by atoms with Gasteiger partial charge in [-0.3, -0.25) is 0 Å². The zero-order valence-electron chi connectivity index (χ0n) is 15.8. The largest absolute Gasteiger partial charge is 0.370 e. The van der Waals surface area contributed by atoms with Crippen molar-refractivity contribution >= 4 is 34.4 Å². The SMILES string of the molecule is CN1C2CCC1CC(NC(=O)n1ncc3cc(N4CCSCC4)ccc31)C2. The second kappa shape index (κ2) is 7.02. The number of nitrogens with zero attached hydrogens (tertiary/aromatic N) is 4. The van der Waals surface area contributed by atoms with E-state index in [0.717, 1.165) is 36.8 Å². The van der Waals surface area contributed by atoms with E-state index in [1.165, 1.54) is 34.7 Å². The van der Waals surface area contributed by atoms with Gasteiger partial charge in [-0.1, -0.05) is 0 Å². The van der Waals surface area contributed by atoms with Gasteiger partial charge < -0.3 is 15.1 Å². The first-order valence-electron chi connectivity index (χ1n) is 10.0. The zero-order chi connectivity index (χ0) is 18.4. The Morgan fingerprint density at radius 2 is 1.93 bits per heavy atom. The predicted octanol–water partition coefficient (Wildman–Crippen LogP) is 2.77. The van der Waals surface area contributed by atoms with Crippen molar-refractivity contribution in [2.24, 2.45) is 0 Å². The van der Waals surface area contributed by atoms with Gasteiger partial charge in [-0.2, -0.15) is 21.5 Å². The Hall–Kier alpha value is -1.73. The Labute approximate surface area is 164 Å². The minimum absolute atomic E-state index is 0.0962. The number of carbonyl (C=O) groups is 1. The fourth-order valence-corrected chi connectivity index (χ4v) is 5.87. The zero-order valence-corrected chi connectivity index (χ0v) is 16.6. The van der Waals surface area contributed by atoms with E-state index in [0.29, 0.717) is 12.1 Å². The van der Waals surface area contributed by atoms with E-state index in [-0.39, 0.29) is 12.1 Å². The summed E-state index contributed by atoms with van der Waals surface area (Å²) in [5.74, 6) is 2.36. The van der Waals surface area contributed by atoms with E-state index in [9.17, 15) is 4.79 Å². The summed E-state index contributed by atoms with van der Waals surface area (Å²) in [6.07, 6.45) is 6.44. The molecule has 0 saturated carbocycles. The van der Waals surface area contributed by atoms with Crippen LogP contribution in [0.15, 0.2) is 24.4 Å². The maximum Gasteiger partial charge on any atom is 0.342 e. The summed E-state index contributed by atoms with van der Waals surface area (Å²) in [6.45, 7) is 2.17. The lowest BCUT2D eigenvalue weighted by Crippen LogP contribution is -2.49. The molecule has 5 rings (SSSR count). The molecule has 1 amide bonds. The molecule has 1 aromatic carbocycles. The molecule has 7 heteroatoms. The number of nitrogens with one attached hydrogen (secondary N) is 1. The number of fused-ring (bicyclic) bond motifs is 3. The fourth-order valence-electron chi connectivity index (χ4n) is 4.97. The monoisotopic (exact) mass is 385 g/mol. The lowest BCUT2D eigenvalue weighted by molar-refractivity contribution is 0.149. The van der Waals surface area contributed by atoms with Gasteiger partial charge in [-0.05, 0) is 50.9 Å². The number of carbonyl (C=O) groups excluding carboxylic acids is 1. The smallest absolute Gasteiger partial charge is 0.342 e. The van der Waals surface area contributed by atoms with E-state index in [2.05, 4.69) is 39.4 Å². The summed E-state index contributed by atoms with van der Waals surface area (Å²) in [6, 6.07) is 7.73. The van der Waals surface area contributed by atoms with Crippen LogP contribution < -0.4 is 10.2 Å². The van der Waals surface area contributed by atoms with Crippen LogP contribution >= 0.6 is 11.8 Å². The second-order valence-corrected chi connectivity index (χ2v) is 9.29. The molecule has 3 saturated heterocycles. The van der Waals surface area contributed by atoms with Gasteiger partial charge in [0.2, 0.25) is 0 Å². The summed E-state index contributed by atoms with van der Waals surface area (Å²) < 4.78 is 1.53. The number of aromatic nitrogens is 2. The molecule has 6 nitrogen and oxygen atoms in total. The predicted molar refractivity (Wildman–Crippen MR) is 111 cm³/mol. The third-order valence-corrected chi connectivity index (χ3v) is 7.49. The Bertz CT molecular complexity index is 832. The van der Waals surface area contributed by atoms with Crippen LogP contribution in [0.5, 0.6) is 0 Å². The molecule has 3 aliphatic heterocycles. The lowest BCUT2D eigenvalue weighted by Gasteiger charge is -2.36. The van der Waals surface area contributed by atoms with Crippen LogP contribution in [0.4, 0.5) is 10.5 Å². The quantitative estimate of drug-likeness (QED) is 0.862. The number of anilines is 1. The maximum atomic E-state index is 12.9. The van der Waals surface area contributed by atoms with Crippen molar-refractivity contribution < 1.29 is 4.79 Å². The molecule has 144 valence electrons. The van der Waals surface area contributed by atoms with Crippen molar-refractivity contribution in [2.75, 3.05) is 36.5 Å². The molecule has 2 unspecified atom stereocenters. The van der Waals surface area contributed by atoms with Crippen LogP contribution in [0.1, 0.15) is 25.7 Å². The van der Waals surface area contributed by atoms with E-state index in [4.69, 9.17) is 0 Å². The molecular formula is C20H27N5OS. The van der Waals surface area contributed by atoms with Crippen molar-refractivity contribution in [1.29, 1.82) is 0 Å². The van der Waals surface area contributed by atoms with Crippen molar-refractivity contribution in [3.63, 3.8) is 0 Å². The van der Waals surface area contributed by atoms with Crippen molar-refractivity contribution in [3.8, 4) is 0 Å². The fraction of sp³-hybridized carbons (Fsp3) is 0.600. The van der Waals surface area contributed by atoms with Crippen LogP contribution in [0.2, 0.25) is 0 Å². The number of hydrogen-bond acceptors (Lipinski definition) is 5. The van der Waals surface area contributed by atoms with Gasteiger partial charge in [-0.25, -0.2) is 4.79 Å². The Balaban J connectivity index is 1.32. The highest BCUT2D eigenvalue weighted by Crippen LogP contribution is 2.34. The number of benzene rings is 1. The minimum atomic E-state index is -0.0962. The molecule has 3 fully saturated rings. The van der Waals surface area contributed by atoms with E-state index < -0.39 is 0 Å². The van der Waals surface area contributed by atoms with E-state index >= 15 is 0 Å². The second-order valence-electron chi connectivity index (χ2n) is 8.07. The van der Waals surface area contributed by atoms with Gasteiger partial charge in [0.1, 0.15) is 0 Å². The van der Waals surface area contributed by atoms with Gasteiger partial charge in [0.15, 0.2) is 0 Å². The molecule has 27 heavy (non-hydrogen) atoms. The first-order valence-corrected chi connectivity index (χ1v) is 11.2. The minimum Gasteiger partial charge on any atom is -0.370 e. The average Bonchev–Trinajstić information content (AvgIpc) is 3.19. The number of rotatable bonds is 2. The highest BCUT2D eigenvalue weighted by Gasteiger charge is 2.39. The van der Waals surface area contributed by atoms with Crippen molar-refractivity contribution in [2.45, 2.75) is 43.8 Å². The molecule has 2 atom stereocenters. The van der Waals surface area contributed by atoms with Gasteiger partial charge in [0.05, 0.1) is 11.7 Å². The summed E-state index contributed by atoms with van der Waals surface area (Å²) in [4.78, 5) is 17.8. The molecule has 0 aliphatic carbocycles.